The molecule has 0 bridgehead atoms. The highest BCUT2D eigenvalue weighted by Gasteiger charge is 2.29. The number of rotatable bonds is 10. The molecule has 0 saturated carbocycles. The van der Waals surface area contributed by atoms with Crippen molar-refractivity contribution in [3.05, 3.63) is 23.0 Å². The van der Waals surface area contributed by atoms with Crippen molar-refractivity contribution in [1.82, 2.24) is 0 Å². The van der Waals surface area contributed by atoms with Crippen LogP contribution in [0.25, 0.3) is 0 Å². The first-order valence-electron chi connectivity index (χ1n) is 8.26. The van der Waals surface area contributed by atoms with Gasteiger partial charge < -0.3 is 19.3 Å². The Balaban J connectivity index is 3.00. The van der Waals surface area contributed by atoms with Gasteiger partial charge in [0, 0.05) is 19.4 Å². The normalized spacial score (nSPS) is 19.2. The smallest absolute Gasteiger partial charge is 0.339 e. The van der Waals surface area contributed by atoms with Crippen LogP contribution in [-0.4, -0.2) is 49.4 Å². The van der Waals surface area contributed by atoms with Crippen LogP contribution in [0.5, 0.6) is 0 Å². The molecule has 1 rings (SSSR count). The molecule has 24 heavy (non-hydrogen) atoms. The van der Waals surface area contributed by atoms with Gasteiger partial charge in [-0.1, -0.05) is 12.5 Å². The molecule has 2 unspecified atom stereocenters. The van der Waals surface area contributed by atoms with E-state index in [2.05, 4.69) is 0 Å². The average molecular weight is 340 g/mol. The van der Waals surface area contributed by atoms with Gasteiger partial charge in [0.05, 0.1) is 18.8 Å². The molecule has 136 valence electrons. The van der Waals surface area contributed by atoms with Crippen LogP contribution in [0.3, 0.4) is 0 Å². The standard InChI is InChI=1S/C18H28O6/c1-6-23-10-15(19)17(24-11(2)3)9-13-8-14(18(20)21)16(22-5)7-12(13)4/h8,11-12,17H,6-7,9-10H2,1-5H3,(H,20,21). The molecule has 1 aliphatic rings. The summed E-state index contributed by atoms with van der Waals surface area (Å²) in [5.74, 6) is -0.614. The summed E-state index contributed by atoms with van der Waals surface area (Å²) < 4.78 is 16.1. The van der Waals surface area contributed by atoms with E-state index in [0.717, 1.165) is 5.57 Å². The first kappa shape index (κ1) is 20.4. The Morgan fingerprint density at radius 1 is 1.38 bits per heavy atom. The van der Waals surface area contributed by atoms with Gasteiger partial charge in [0.2, 0.25) is 0 Å². The lowest BCUT2D eigenvalue weighted by atomic mass is 9.85. The number of ether oxygens (including phenoxy) is 3. The fourth-order valence-electron chi connectivity index (χ4n) is 2.64. The third-order valence-electron chi connectivity index (χ3n) is 3.90. The zero-order valence-corrected chi connectivity index (χ0v) is 15.1. The van der Waals surface area contributed by atoms with Gasteiger partial charge in [0.1, 0.15) is 18.5 Å². The SMILES string of the molecule is CCOCC(=O)C(CC1=CC(C(=O)O)=C(OC)CC1C)OC(C)C. The molecular formula is C18H28O6. The summed E-state index contributed by atoms with van der Waals surface area (Å²) in [5.41, 5.74) is 1.02. The quantitative estimate of drug-likeness (QED) is 0.658. The second-order valence-electron chi connectivity index (χ2n) is 6.15. The minimum absolute atomic E-state index is 0.000492. The van der Waals surface area contributed by atoms with Gasteiger partial charge in [-0.05, 0) is 32.8 Å². The summed E-state index contributed by atoms with van der Waals surface area (Å²) in [6, 6.07) is 0. The number of carboxylic acids is 1. The number of carbonyl (C=O) groups is 2. The van der Waals surface area contributed by atoms with Gasteiger partial charge in [-0.15, -0.1) is 0 Å². The zero-order chi connectivity index (χ0) is 18.3. The molecule has 0 fully saturated rings. The predicted molar refractivity (Wildman–Crippen MR) is 89.7 cm³/mol. The number of carboxylic acid groups (broad SMARTS) is 1. The fourth-order valence-corrected chi connectivity index (χ4v) is 2.64. The van der Waals surface area contributed by atoms with E-state index in [-0.39, 0.29) is 30.0 Å². The van der Waals surface area contributed by atoms with E-state index >= 15 is 0 Å². The summed E-state index contributed by atoms with van der Waals surface area (Å²) >= 11 is 0. The van der Waals surface area contributed by atoms with Crippen molar-refractivity contribution >= 4 is 11.8 Å². The Hall–Kier alpha value is -1.66. The number of ketones is 1. The molecule has 1 N–H and O–H groups in total. The molecule has 0 aliphatic heterocycles. The highest BCUT2D eigenvalue weighted by Crippen LogP contribution is 2.33. The third kappa shape index (κ3) is 5.76. The number of hydrogen-bond acceptors (Lipinski definition) is 5. The van der Waals surface area contributed by atoms with Crippen LogP contribution < -0.4 is 0 Å². The van der Waals surface area contributed by atoms with E-state index in [4.69, 9.17) is 14.2 Å². The average Bonchev–Trinajstić information content (AvgIpc) is 2.52. The van der Waals surface area contributed by atoms with Crippen LogP contribution in [0.2, 0.25) is 0 Å². The highest BCUT2D eigenvalue weighted by molar-refractivity contribution is 5.91. The maximum atomic E-state index is 12.3. The van der Waals surface area contributed by atoms with Gasteiger partial charge in [0.15, 0.2) is 5.78 Å². The van der Waals surface area contributed by atoms with Crippen molar-refractivity contribution in [2.45, 2.75) is 52.7 Å². The van der Waals surface area contributed by atoms with E-state index in [1.807, 2.05) is 27.7 Å². The number of hydrogen-bond donors (Lipinski definition) is 1. The molecule has 0 spiro atoms. The van der Waals surface area contributed by atoms with E-state index < -0.39 is 12.1 Å². The summed E-state index contributed by atoms with van der Waals surface area (Å²) in [5, 5.41) is 9.35. The second-order valence-corrected chi connectivity index (χ2v) is 6.15. The Bertz CT molecular complexity index is 518. The Kier molecular flexibility index (Phi) is 8.15. The van der Waals surface area contributed by atoms with E-state index in [1.165, 1.54) is 7.11 Å². The van der Waals surface area contributed by atoms with Crippen LogP contribution in [0, 0.1) is 5.92 Å². The number of carbonyl (C=O) groups excluding carboxylic acids is 1. The van der Waals surface area contributed by atoms with Crippen molar-refractivity contribution in [3.63, 3.8) is 0 Å². The predicted octanol–water partition coefficient (Wildman–Crippen LogP) is 2.73. The molecule has 0 radical (unpaired) electrons. The van der Waals surface area contributed by atoms with Crippen LogP contribution in [0.1, 0.15) is 40.5 Å². The molecule has 0 aromatic carbocycles. The highest BCUT2D eigenvalue weighted by atomic mass is 16.5. The number of allylic oxidation sites excluding steroid dienone is 1. The van der Waals surface area contributed by atoms with Gasteiger partial charge in [0.25, 0.3) is 0 Å². The molecule has 0 aromatic heterocycles. The van der Waals surface area contributed by atoms with Crippen molar-refractivity contribution in [3.8, 4) is 0 Å². The molecule has 6 nitrogen and oxygen atoms in total. The summed E-state index contributed by atoms with van der Waals surface area (Å²) in [6.07, 6.45) is 1.73. The topological polar surface area (TPSA) is 82.1 Å². The van der Waals surface area contributed by atoms with Gasteiger partial charge in [-0.2, -0.15) is 0 Å². The van der Waals surface area contributed by atoms with Crippen LogP contribution in [0.15, 0.2) is 23.0 Å². The van der Waals surface area contributed by atoms with Crippen LogP contribution >= 0.6 is 0 Å². The van der Waals surface area contributed by atoms with E-state index in [1.54, 1.807) is 6.08 Å². The minimum atomic E-state index is -1.03. The molecular weight excluding hydrogens is 312 g/mol. The Labute approximate surface area is 143 Å². The Morgan fingerprint density at radius 3 is 2.54 bits per heavy atom. The van der Waals surface area contributed by atoms with Gasteiger partial charge >= 0.3 is 5.97 Å². The van der Waals surface area contributed by atoms with Crippen molar-refractivity contribution in [1.29, 1.82) is 0 Å². The lowest BCUT2D eigenvalue weighted by Gasteiger charge is -2.27. The first-order valence-corrected chi connectivity index (χ1v) is 8.26. The molecule has 2 atom stereocenters. The van der Waals surface area contributed by atoms with Gasteiger partial charge in [-0.3, -0.25) is 4.79 Å². The lowest BCUT2D eigenvalue weighted by molar-refractivity contribution is -0.137. The van der Waals surface area contributed by atoms with Gasteiger partial charge in [-0.25, -0.2) is 4.79 Å². The second kappa shape index (κ2) is 9.59. The Morgan fingerprint density at radius 2 is 2.04 bits per heavy atom. The number of aliphatic carboxylic acids is 1. The van der Waals surface area contributed by atoms with E-state index in [9.17, 15) is 14.7 Å². The summed E-state index contributed by atoms with van der Waals surface area (Å²) in [4.78, 5) is 23.7. The maximum Gasteiger partial charge on any atom is 0.339 e. The molecule has 6 heteroatoms. The number of Topliss-reactive ketones (excluding diaryl/α,β-unsaturated/α-hetero) is 1. The monoisotopic (exact) mass is 340 g/mol. The van der Waals surface area contributed by atoms with E-state index in [0.29, 0.717) is 25.2 Å². The molecule has 0 saturated heterocycles. The van der Waals surface area contributed by atoms with Crippen molar-refractivity contribution in [2.24, 2.45) is 5.92 Å². The van der Waals surface area contributed by atoms with Crippen LogP contribution in [-0.2, 0) is 23.8 Å². The largest absolute Gasteiger partial charge is 0.500 e. The molecule has 0 amide bonds. The zero-order valence-electron chi connectivity index (χ0n) is 15.1. The minimum Gasteiger partial charge on any atom is -0.500 e. The summed E-state index contributed by atoms with van der Waals surface area (Å²) in [6.45, 7) is 8.01. The molecule has 0 heterocycles. The first-order chi connectivity index (χ1) is 11.3. The molecule has 1 aliphatic carbocycles. The third-order valence-corrected chi connectivity index (χ3v) is 3.90. The summed E-state index contributed by atoms with van der Waals surface area (Å²) in [7, 11) is 1.47. The van der Waals surface area contributed by atoms with Crippen molar-refractivity contribution < 1.29 is 28.9 Å². The lowest BCUT2D eigenvalue weighted by Crippen LogP contribution is -2.32. The molecule has 0 aromatic rings. The fraction of sp³-hybridized carbons (Fsp3) is 0.667. The maximum absolute atomic E-state index is 12.3. The van der Waals surface area contributed by atoms with Crippen molar-refractivity contribution in [2.75, 3.05) is 20.3 Å². The van der Waals surface area contributed by atoms with Crippen LogP contribution in [0.4, 0.5) is 0 Å². The number of methoxy groups -OCH3 is 1.